The van der Waals surface area contributed by atoms with Gasteiger partial charge >= 0.3 is 6.18 Å². The van der Waals surface area contributed by atoms with Crippen molar-refractivity contribution in [2.24, 2.45) is 11.8 Å². The lowest BCUT2D eigenvalue weighted by Gasteiger charge is -2.33. The molecule has 1 aromatic carbocycles. The molecule has 0 amide bonds. The number of hydrogen-bond donors (Lipinski definition) is 0. The molecule has 2 fully saturated rings. The van der Waals surface area contributed by atoms with Crippen LogP contribution >= 0.6 is 0 Å². The molecule has 3 atom stereocenters. The third kappa shape index (κ3) is 2.58. The van der Waals surface area contributed by atoms with Gasteiger partial charge in [0.25, 0.3) is 0 Å². The summed E-state index contributed by atoms with van der Waals surface area (Å²) in [5.41, 5.74) is 0.369. The fraction of sp³-hybridized carbons (Fsp3) is 0.625. The highest BCUT2D eigenvalue weighted by Crippen LogP contribution is 2.45. The molecule has 0 bridgehead atoms. The maximum atomic E-state index is 12.9. The predicted molar refractivity (Wildman–Crippen MR) is 72.5 cm³/mol. The molecule has 1 aliphatic heterocycles. The quantitative estimate of drug-likeness (QED) is 0.748. The monoisotopic (exact) mass is 283 g/mol. The second-order valence-electron chi connectivity index (χ2n) is 6.31. The van der Waals surface area contributed by atoms with Crippen LogP contribution in [0.1, 0.15) is 36.3 Å². The van der Waals surface area contributed by atoms with E-state index in [9.17, 15) is 13.2 Å². The first-order valence-electron chi connectivity index (χ1n) is 7.31. The fourth-order valence-corrected chi connectivity index (χ4v) is 4.05. The Morgan fingerprint density at radius 3 is 2.70 bits per heavy atom. The van der Waals surface area contributed by atoms with Crippen LogP contribution in [0.2, 0.25) is 0 Å². The van der Waals surface area contributed by atoms with Crippen molar-refractivity contribution in [3.63, 3.8) is 0 Å². The Hall–Kier alpha value is -1.03. The Morgan fingerprint density at radius 2 is 1.95 bits per heavy atom. The standard InChI is InChI=1S/C16H20F3N/c1-20-9-12-5-3-7-14(15(12)10-20)11-4-2-6-13(8-11)16(17,18)19/h2,4,6,8,12,14-15H,3,5,7,9-10H2,1H3/t12-,14-,15?/m1/s1. The van der Waals surface area contributed by atoms with Crippen LogP contribution in [0.4, 0.5) is 13.2 Å². The largest absolute Gasteiger partial charge is 0.416 e. The molecule has 0 spiro atoms. The smallest absolute Gasteiger partial charge is 0.306 e. The highest BCUT2D eigenvalue weighted by molar-refractivity contribution is 5.29. The molecule has 0 radical (unpaired) electrons. The molecule has 3 rings (SSSR count). The molecule has 4 heteroatoms. The van der Waals surface area contributed by atoms with Gasteiger partial charge in [-0.05, 0) is 49.3 Å². The maximum absolute atomic E-state index is 12.9. The SMILES string of the molecule is CN1CC2[C@H](CCC[C@@H]2c2cccc(C(F)(F)F)c2)C1. The second-order valence-corrected chi connectivity index (χ2v) is 6.31. The van der Waals surface area contributed by atoms with Gasteiger partial charge in [-0.25, -0.2) is 0 Å². The molecule has 2 aliphatic rings. The van der Waals surface area contributed by atoms with Crippen LogP contribution in [0.5, 0.6) is 0 Å². The van der Waals surface area contributed by atoms with E-state index in [0.717, 1.165) is 31.5 Å². The van der Waals surface area contributed by atoms with E-state index in [-0.39, 0.29) is 0 Å². The predicted octanol–water partition coefficient (Wildman–Crippen LogP) is 4.15. The average Bonchev–Trinajstić information content (AvgIpc) is 2.77. The molecular weight excluding hydrogens is 263 g/mol. The summed E-state index contributed by atoms with van der Waals surface area (Å²) in [6.07, 6.45) is -0.854. The Kier molecular flexibility index (Phi) is 3.53. The molecule has 20 heavy (non-hydrogen) atoms. The van der Waals surface area contributed by atoms with E-state index < -0.39 is 11.7 Å². The van der Waals surface area contributed by atoms with Gasteiger partial charge in [0.15, 0.2) is 0 Å². The normalized spacial score (nSPS) is 31.3. The van der Waals surface area contributed by atoms with Crippen molar-refractivity contribution in [2.75, 3.05) is 20.1 Å². The first kappa shape index (κ1) is 13.9. The Labute approximate surface area is 117 Å². The summed E-state index contributed by atoms with van der Waals surface area (Å²) in [4.78, 5) is 2.32. The molecule has 110 valence electrons. The molecule has 1 saturated carbocycles. The van der Waals surface area contributed by atoms with Gasteiger partial charge in [-0.3, -0.25) is 0 Å². The molecular formula is C16H20F3N. The van der Waals surface area contributed by atoms with Gasteiger partial charge in [0.05, 0.1) is 5.56 Å². The van der Waals surface area contributed by atoms with Crippen LogP contribution in [0.25, 0.3) is 0 Å². The molecule has 1 aliphatic carbocycles. The van der Waals surface area contributed by atoms with E-state index >= 15 is 0 Å². The fourth-order valence-electron chi connectivity index (χ4n) is 4.05. The van der Waals surface area contributed by atoms with Crippen molar-refractivity contribution in [1.82, 2.24) is 4.90 Å². The Bertz CT molecular complexity index is 483. The number of fused-ring (bicyclic) bond motifs is 1. The van der Waals surface area contributed by atoms with E-state index in [1.54, 1.807) is 6.07 Å². The zero-order valence-corrected chi connectivity index (χ0v) is 11.7. The number of benzene rings is 1. The first-order chi connectivity index (χ1) is 9.45. The van der Waals surface area contributed by atoms with Crippen LogP contribution in [0.3, 0.4) is 0 Å². The van der Waals surface area contributed by atoms with Gasteiger partial charge < -0.3 is 4.90 Å². The lowest BCUT2D eigenvalue weighted by Crippen LogP contribution is -2.26. The van der Waals surface area contributed by atoms with Gasteiger partial charge in [0, 0.05) is 13.1 Å². The van der Waals surface area contributed by atoms with Crippen molar-refractivity contribution in [3.8, 4) is 0 Å². The average molecular weight is 283 g/mol. The van der Waals surface area contributed by atoms with Crippen LogP contribution in [0.15, 0.2) is 24.3 Å². The van der Waals surface area contributed by atoms with Crippen molar-refractivity contribution < 1.29 is 13.2 Å². The molecule has 0 N–H and O–H groups in total. The number of rotatable bonds is 1. The highest BCUT2D eigenvalue weighted by Gasteiger charge is 2.40. The Balaban J connectivity index is 1.88. The summed E-state index contributed by atoms with van der Waals surface area (Å²) in [7, 11) is 2.11. The topological polar surface area (TPSA) is 3.24 Å². The number of halogens is 3. The van der Waals surface area contributed by atoms with E-state index in [1.165, 1.54) is 18.6 Å². The molecule has 1 unspecified atom stereocenters. The third-order valence-corrected chi connectivity index (χ3v) is 4.92. The summed E-state index contributed by atoms with van der Waals surface area (Å²) in [6.45, 7) is 2.12. The third-order valence-electron chi connectivity index (χ3n) is 4.92. The van der Waals surface area contributed by atoms with Crippen LogP contribution in [-0.4, -0.2) is 25.0 Å². The van der Waals surface area contributed by atoms with Crippen molar-refractivity contribution in [2.45, 2.75) is 31.4 Å². The molecule has 1 saturated heterocycles. The van der Waals surface area contributed by atoms with Crippen LogP contribution in [0, 0.1) is 11.8 Å². The second kappa shape index (κ2) is 5.06. The zero-order valence-electron chi connectivity index (χ0n) is 11.7. The van der Waals surface area contributed by atoms with E-state index in [4.69, 9.17) is 0 Å². The van der Waals surface area contributed by atoms with E-state index in [0.29, 0.717) is 17.8 Å². The van der Waals surface area contributed by atoms with Crippen molar-refractivity contribution >= 4 is 0 Å². The van der Waals surface area contributed by atoms with Gasteiger partial charge in [-0.1, -0.05) is 24.6 Å². The van der Waals surface area contributed by atoms with Gasteiger partial charge in [0.2, 0.25) is 0 Å². The number of nitrogens with zero attached hydrogens (tertiary/aromatic N) is 1. The van der Waals surface area contributed by atoms with E-state index in [2.05, 4.69) is 11.9 Å². The number of likely N-dealkylation sites (tertiary alicyclic amines) is 1. The molecule has 1 nitrogen and oxygen atoms in total. The summed E-state index contributed by atoms with van der Waals surface area (Å²) >= 11 is 0. The minimum Gasteiger partial charge on any atom is -0.306 e. The van der Waals surface area contributed by atoms with Gasteiger partial charge in [-0.15, -0.1) is 0 Å². The zero-order chi connectivity index (χ0) is 14.3. The Morgan fingerprint density at radius 1 is 1.15 bits per heavy atom. The van der Waals surface area contributed by atoms with Crippen LogP contribution < -0.4 is 0 Å². The molecule has 1 heterocycles. The lowest BCUT2D eigenvalue weighted by molar-refractivity contribution is -0.137. The van der Waals surface area contributed by atoms with Crippen molar-refractivity contribution in [1.29, 1.82) is 0 Å². The molecule has 0 aromatic heterocycles. The summed E-state index contributed by atoms with van der Waals surface area (Å²) < 4.78 is 38.6. The van der Waals surface area contributed by atoms with Gasteiger partial charge in [0.1, 0.15) is 0 Å². The first-order valence-corrected chi connectivity index (χ1v) is 7.31. The van der Waals surface area contributed by atoms with Crippen molar-refractivity contribution in [3.05, 3.63) is 35.4 Å². The van der Waals surface area contributed by atoms with E-state index in [1.807, 2.05) is 6.07 Å². The summed E-state index contributed by atoms with van der Waals surface area (Å²) in [6, 6.07) is 5.97. The van der Waals surface area contributed by atoms with Gasteiger partial charge in [-0.2, -0.15) is 13.2 Å². The number of hydrogen-bond acceptors (Lipinski definition) is 1. The minimum absolute atomic E-state index is 0.293. The summed E-state index contributed by atoms with van der Waals surface area (Å²) in [5, 5.41) is 0. The summed E-state index contributed by atoms with van der Waals surface area (Å²) in [5.74, 6) is 1.48. The van der Waals surface area contributed by atoms with Crippen LogP contribution in [-0.2, 0) is 6.18 Å². The highest BCUT2D eigenvalue weighted by atomic mass is 19.4. The lowest BCUT2D eigenvalue weighted by atomic mass is 9.71. The molecule has 1 aromatic rings. The number of alkyl halides is 3. The minimum atomic E-state index is -4.24. The maximum Gasteiger partial charge on any atom is 0.416 e.